The van der Waals surface area contributed by atoms with Gasteiger partial charge in [-0.25, -0.2) is 9.97 Å². The highest BCUT2D eigenvalue weighted by Crippen LogP contribution is 2.25. The average Bonchev–Trinajstić information content (AvgIpc) is 2.54. The largest absolute Gasteiger partial charge is 0.385 e. The number of carbonyl (C=O) groups is 1. The van der Waals surface area contributed by atoms with Crippen molar-refractivity contribution in [3.8, 4) is 0 Å². The second-order valence-electron chi connectivity index (χ2n) is 6.19. The number of anilines is 2. The highest BCUT2D eigenvalue weighted by atomic mass is 16.5. The highest BCUT2D eigenvalue weighted by Gasteiger charge is 2.12. The number of carbonyl (C=O) groups excluding carboxylic acids is 1. The van der Waals surface area contributed by atoms with E-state index in [-0.39, 0.29) is 5.91 Å². The SMILES string of the molecule is COCCCNC(=O)c1cc(Nc2c(C)cc(C)cc2C)nc(C)n1. The Morgan fingerprint density at radius 2 is 1.76 bits per heavy atom. The minimum atomic E-state index is -0.206. The van der Waals surface area contributed by atoms with E-state index in [4.69, 9.17) is 4.74 Å². The van der Waals surface area contributed by atoms with E-state index in [1.165, 1.54) is 5.56 Å². The molecule has 2 N–H and O–H groups in total. The molecule has 6 heteroatoms. The zero-order valence-electron chi connectivity index (χ0n) is 15.6. The van der Waals surface area contributed by atoms with Crippen LogP contribution in [0.4, 0.5) is 11.5 Å². The molecule has 0 aliphatic rings. The molecule has 1 amide bonds. The second-order valence-corrected chi connectivity index (χ2v) is 6.19. The van der Waals surface area contributed by atoms with Crippen LogP contribution in [0, 0.1) is 27.7 Å². The summed E-state index contributed by atoms with van der Waals surface area (Å²) in [6.07, 6.45) is 0.763. The lowest BCUT2D eigenvalue weighted by atomic mass is 10.1. The molecular weight excluding hydrogens is 316 g/mol. The molecule has 0 saturated carbocycles. The van der Waals surface area contributed by atoms with E-state index in [1.807, 2.05) is 0 Å². The zero-order chi connectivity index (χ0) is 18.4. The Balaban J connectivity index is 2.18. The topological polar surface area (TPSA) is 76.1 Å². The van der Waals surface area contributed by atoms with Crippen molar-refractivity contribution in [2.45, 2.75) is 34.1 Å². The lowest BCUT2D eigenvalue weighted by Crippen LogP contribution is -2.26. The average molecular weight is 342 g/mol. The fourth-order valence-corrected chi connectivity index (χ4v) is 2.76. The van der Waals surface area contributed by atoms with Crippen LogP contribution in [-0.2, 0) is 4.74 Å². The number of ether oxygens (including phenoxy) is 1. The van der Waals surface area contributed by atoms with Crippen molar-refractivity contribution in [3.63, 3.8) is 0 Å². The van der Waals surface area contributed by atoms with E-state index in [9.17, 15) is 4.79 Å². The Hall–Kier alpha value is -2.47. The summed E-state index contributed by atoms with van der Waals surface area (Å²) in [5, 5.41) is 6.17. The quantitative estimate of drug-likeness (QED) is 0.756. The van der Waals surface area contributed by atoms with Crippen LogP contribution in [0.25, 0.3) is 0 Å². The molecule has 6 nitrogen and oxygen atoms in total. The fourth-order valence-electron chi connectivity index (χ4n) is 2.76. The summed E-state index contributed by atoms with van der Waals surface area (Å²) in [7, 11) is 1.64. The van der Waals surface area contributed by atoms with Crippen molar-refractivity contribution in [1.29, 1.82) is 0 Å². The minimum absolute atomic E-state index is 0.206. The summed E-state index contributed by atoms with van der Waals surface area (Å²) in [6.45, 7) is 9.13. The predicted octanol–water partition coefficient (Wildman–Crippen LogP) is 3.22. The standard InChI is InChI=1S/C19H26N4O2/c1-12-9-13(2)18(14(3)10-12)23-17-11-16(21-15(4)22-17)19(24)20-7-6-8-25-5/h9-11H,6-8H2,1-5H3,(H,20,24)(H,21,22,23). The first kappa shape index (κ1) is 18.9. The summed E-state index contributed by atoms with van der Waals surface area (Å²) < 4.78 is 4.98. The van der Waals surface area contributed by atoms with E-state index in [0.29, 0.717) is 30.5 Å². The molecule has 0 bridgehead atoms. The first-order chi connectivity index (χ1) is 11.9. The number of hydrogen-bond acceptors (Lipinski definition) is 5. The monoisotopic (exact) mass is 342 g/mol. The molecule has 25 heavy (non-hydrogen) atoms. The minimum Gasteiger partial charge on any atom is -0.385 e. The Morgan fingerprint density at radius 3 is 2.40 bits per heavy atom. The zero-order valence-corrected chi connectivity index (χ0v) is 15.6. The van der Waals surface area contributed by atoms with Gasteiger partial charge < -0.3 is 15.4 Å². The Labute approximate surface area is 149 Å². The van der Waals surface area contributed by atoms with Crippen molar-refractivity contribution in [3.05, 3.63) is 46.4 Å². The van der Waals surface area contributed by atoms with E-state index in [1.54, 1.807) is 20.1 Å². The van der Waals surface area contributed by atoms with Crippen molar-refractivity contribution in [2.75, 3.05) is 25.6 Å². The molecule has 0 fully saturated rings. The maximum Gasteiger partial charge on any atom is 0.270 e. The van der Waals surface area contributed by atoms with Gasteiger partial charge in [0.2, 0.25) is 0 Å². The molecule has 0 unspecified atom stereocenters. The van der Waals surface area contributed by atoms with Crippen LogP contribution in [-0.4, -0.2) is 36.1 Å². The lowest BCUT2D eigenvalue weighted by molar-refractivity contribution is 0.0943. The third kappa shape index (κ3) is 5.26. The van der Waals surface area contributed by atoms with Gasteiger partial charge in [0.25, 0.3) is 5.91 Å². The Bertz CT molecular complexity index is 736. The van der Waals surface area contributed by atoms with Crippen LogP contribution in [0.15, 0.2) is 18.2 Å². The first-order valence-corrected chi connectivity index (χ1v) is 8.38. The number of aromatic nitrogens is 2. The van der Waals surface area contributed by atoms with Crippen molar-refractivity contribution < 1.29 is 9.53 Å². The van der Waals surface area contributed by atoms with Crippen LogP contribution >= 0.6 is 0 Å². The fraction of sp³-hybridized carbons (Fsp3) is 0.421. The van der Waals surface area contributed by atoms with Gasteiger partial charge in [-0.15, -0.1) is 0 Å². The van der Waals surface area contributed by atoms with Crippen LogP contribution in [0.5, 0.6) is 0 Å². The first-order valence-electron chi connectivity index (χ1n) is 8.38. The molecule has 1 aromatic carbocycles. The molecule has 1 heterocycles. The number of nitrogens with one attached hydrogen (secondary N) is 2. The molecule has 2 rings (SSSR count). The summed E-state index contributed by atoms with van der Waals surface area (Å²) >= 11 is 0. The van der Waals surface area contributed by atoms with Crippen LogP contribution < -0.4 is 10.6 Å². The van der Waals surface area contributed by atoms with Gasteiger partial charge in [0.1, 0.15) is 17.3 Å². The van der Waals surface area contributed by atoms with Gasteiger partial charge in [-0.1, -0.05) is 17.7 Å². The smallest absolute Gasteiger partial charge is 0.270 e. The van der Waals surface area contributed by atoms with Gasteiger partial charge in [-0.3, -0.25) is 4.79 Å². The number of rotatable bonds is 7. The molecule has 0 saturated heterocycles. The molecule has 134 valence electrons. The molecule has 2 aromatic rings. The normalized spacial score (nSPS) is 10.6. The van der Waals surface area contributed by atoms with E-state index in [2.05, 4.69) is 53.5 Å². The van der Waals surface area contributed by atoms with E-state index >= 15 is 0 Å². The van der Waals surface area contributed by atoms with Gasteiger partial charge in [-0.2, -0.15) is 0 Å². The molecule has 0 radical (unpaired) electrons. The van der Waals surface area contributed by atoms with Crippen molar-refractivity contribution in [1.82, 2.24) is 15.3 Å². The third-order valence-corrected chi connectivity index (χ3v) is 3.81. The number of aryl methyl sites for hydroxylation is 4. The van der Waals surface area contributed by atoms with E-state index in [0.717, 1.165) is 23.2 Å². The third-order valence-electron chi connectivity index (χ3n) is 3.81. The number of benzene rings is 1. The van der Waals surface area contributed by atoms with Crippen LogP contribution in [0.3, 0.4) is 0 Å². The maximum absolute atomic E-state index is 12.3. The summed E-state index contributed by atoms with van der Waals surface area (Å²) in [4.78, 5) is 20.9. The molecular formula is C19H26N4O2. The van der Waals surface area contributed by atoms with Crippen molar-refractivity contribution in [2.24, 2.45) is 0 Å². The highest BCUT2D eigenvalue weighted by molar-refractivity contribution is 5.93. The van der Waals surface area contributed by atoms with E-state index < -0.39 is 0 Å². The maximum atomic E-state index is 12.3. The molecule has 0 atom stereocenters. The van der Waals surface area contributed by atoms with Crippen molar-refractivity contribution >= 4 is 17.4 Å². The van der Waals surface area contributed by atoms with Gasteiger partial charge in [0.15, 0.2) is 0 Å². The molecule has 0 aliphatic heterocycles. The number of methoxy groups -OCH3 is 1. The van der Waals surface area contributed by atoms with Gasteiger partial charge in [0, 0.05) is 32.0 Å². The number of amides is 1. The van der Waals surface area contributed by atoms with Crippen LogP contribution in [0.2, 0.25) is 0 Å². The molecule has 0 aliphatic carbocycles. The molecule has 1 aromatic heterocycles. The summed E-state index contributed by atoms with van der Waals surface area (Å²) in [6, 6.07) is 5.91. The second kappa shape index (κ2) is 8.58. The molecule has 0 spiro atoms. The van der Waals surface area contributed by atoms with Gasteiger partial charge in [0.05, 0.1) is 0 Å². The van der Waals surface area contributed by atoms with Gasteiger partial charge >= 0.3 is 0 Å². The lowest BCUT2D eigenvalue weighted by Gasteiger charge is -2.14. The Morgan fingerprint density at radius 1 is 1.08 bits per heavy atom. The van der Waals surface area contributed by atoms with Gasteiger partial charge in [-0.05, 0) is 45.2 Å². The number of nitrogens with zero attached hydrogens (tertiary/aromatic N) is 2. The number of hydrogen-bond donors (Lipinski definition) is 2. The van der Waals surface area contributed by atoms with Crippen LogP contribution in [0.1, 0.15) is 39.4 Å². The Kier molecular flexibility index (Phi) is 6.47. The predicted molar refractivity (Wildman–Crippen MR) is 99.5 cm³/mol. The summed E-state index contributed by atoms with van der Waals surface area (Å²) in [5.74, 6) is 0.959. The summed E-state index contributed by atoms with van der Waals surface area (Å²) in [5.41, 5.74) is 4.86.